The predicted molar refractivity (Wildman–Crippen MR) is 72.9 cm³/mol. The minimum atomic E-state index is 0.420. The average Bonchev–Trinajstić information content (AvgIpc) is 2.34. The molecule has 0 amide bonds. The largest absolute Gasteiger partial charge is 0.241 e. The maximum atomic E-state index is 4.46. The number of nitrogens with zero attached hydrogens (tertiary/aromatic N) is 2. The first-order valence-electron chi connectivity index (χ1n) is 6.44. The van der Waals surface area contributed by atoms with E-state index < -0.39 is 0 Å². The molecule has 2 nitrogen and oxygen atoms in total. The summed E-state index contributed by atoms with van der Waals surface area (Å²) >= 11 is 0. The molecule has 0 atom stereocenters. The minimum absolute atomic E-state index is 0.420. The van der Waals surface area contributed by atoms with Crippen molar-refractivity contribution in [1.29, 1.82) is 0 Å². The van der Waals surface area contributed by atoms with Crippen LogP contribution in [0.5, 0.6) is 0 Å². The summed E-state index contributed by atoms with van der Waals surface area (Å²) in [6.45, 7) is 16.5. The molecule has 0 aliphatic rings. The van der Waals surface area contributed by atoms with Gasteiger partial charge in [0.05, 0.1) is 0 Å². The second-order valence-electron chi connectivity index (χ2n) is 3.65. The van der Waals surface area contributed by atoms with Crippen LogP contribution >= 0.6 is 0 Å². The molecule has 16 heavy (non-hydrogen) atoms. The van der Waals surface area contributed by atoms with Gasteiger partial charge in [-0.3, -0.25) is 0 Å². The number of aromatic nitrogens is 2. The van der Waals surface area contributed by atoms with E-state index in [2.05, 4.69) is 37.7 Å². The van der Waals surface area contributed by atoms with Crippen LogP contribution < -0.4 is 0 Å². The van der Waals surface area contributed by atoms with Crippen molar-refractivity contribution in [2.45, 2.75) is 67.2 Å². The lowest BCUT2D eigenvalue weighted by Gasteiger charge is -2.07. The molecule has 0 radical (unpaired) electrons. The second-order valence-corrected chi connectivity index (χ2v) is 3.65. The summed E-state index contributed by atoms with van der Waals surface area (Å²) in [5.41, 5.74) is 1.13. The van der Waals surface area contributed by atoms with Gasteiger partial charge in [-0.15, -0.1) is 0 Å². The minimum Gasteiger partial charge on any atom is -0.241 e. The van der Waals surface area contributed by atoms with Crippen LogP contribution in [0, 0.1) is 0 Å². The van der Waals surface area contributed by atoms with Crippen LogP contribution in [0.25, 0.3) is 0 Å². The van der Waals surface area contributed by atoms with Crippen LogP contribution in [0.3, 0.4) is 0 Å². The zero-order valence-corrected chi connectivity index (χ0v) is 12.2. The van der Waals surface area contributed by atoms with Crippen molar-refractivity contribution < 1.29 is 0 Å². The maximum absolute atomic E-state index is 4.46. The van der Waals surface area contributed by atoms with Gasteiger partial charge < -0.3 is 0 Å². The van der Waals surface area contributed by atoms with Crippen molar-refractivity contribution in [2.75, 3.05) is 0 Å². The molecule has 2 heteroatoms. The van der Waals surface area contributed by atoms with E-state index in [9.17, 15) is 0 Å². The van der Waals surface area contributed by atoms with Gasteiger partial charge in [0.2, 0.25) is 0 Å². The molecule has 0 saturated carbocycles. The third-order valence-electron chi connectivity index (χ3n) is 1.80. The molecular formula is C14H28N2. The topological polar surface area (TPSA) is 25.8 Å². The molecule has 0 spiro atoms. The fraction of sp³-hybridized carbons (Fsp3) is 0.714. The monoisotopic (exact) mass is 224 g/mol. The summed E-state index contributed by atoms with van der Waals surface area (Å²) in [5.74, 6) is 1.86. The van der Waals surface area contributed by atoms with Crippen LogP contribution in [0.2, 0.25) is 0 Å². The SMILES string of the molecule is CC.CC.CC(C)c1ccnc(C(C)C)n1. The molecule has 0 aliphatic carbocycles. The van der Waals surface area contributed by atoms with Gasteiger partial charge in [0, 0.05) is 17.8 Å². The van der Waals surface area contributed by atoms with Crippen LogP contribution in [0.1, 0.15) is 78.7 Å². The first-order chi connectivity index (χ1) is 7.61. The van der Waals surface area contributed by atoms with Gasteiger partial charge in [-0.1, -0.05) is 55.4 Å². The highest BCUT2D eigenvalue weighted by molar-refractivity contribution is 5.07. The molecule has 0 N–H and O–H groups in total. The van der Waals surface area contributed by atoms with Gasteiger partial charge in [-0.05, 0) is 12.0 Å². The van der Waals surface area contributed by atoms with Gasteiger partial charge >= 0.3 is 0 Å². The molecule has 0 aliphatic heterocycles. The van der Waals surface area contributed by atoms with E-state index in [0.29, 0.717) is 11.8 Å². The molecular weight excluding hydrogens is 196 g/mol. The van der Waals surface area contributed by atoms with Crippen LogP contribution in [-0.2, 0) is 0 Å². The van der Waals surface area contributed by atoms with E-state index in [1.54, 1.807) is 0 Å². The molecule has 0 saturated heterocycles. The lowest BCUT2D eigenvalue weighted by atomic mass is 10.1. The zero-order valence-electron chi connectivity index (χ0n) is 12.2. The summed E-state index contributed by atoms with van der Waals surface area (Å²) in [4.78, 5) is 8.67. The summed E-state index contributed by atoms with van der Waals surface area (Å²) in [7, 11) is 0. The lowest BCUT2D eigenvalue weighted by molar-refractivity contribution is 0.729. The van der Waals surface area contributed by atoms with E-state index in [1.165, 1.54) is 0 Å². The Balaban J connectivity index is 0. The Morgan fingerprint density at radius 1 is 0.875 bits per heavy atom. The van der Waals surface area contributed by atoms with Crippen molar-refractivity contribution in [3.63, 3.8) is 0 Å². The third kappa shape index (κ3) is 6.54. The Morgan fingerprint density at radius 3 is 1.75 bits per heavy atom. The van der Waals surface area contributed by atoms with Crippen LogP contribution in [-0.4, -0.2) is 9.97 Å². The fourth-order valence-corrected chi connectivity index (χ4v) is 0.988. The predicted octanol–water partition coefficient (Wildman–Crippen LogP) is 4.78. The summed E-state index contributed by atoms with van der Waals surface area (Å²) in [5, 5.41) is 0. The molecule has 0 aromatic carbocycles. The molecule has 1 rings (SSSR count). The lowest BCUT2D eigenvalue weighted by Crippen LogP contribution is -2.01. The van der Waals surface area contributed by atoms with Gasteiger partial charge in [0.25, 0.3) is 0 Å². The molecule has 0 bridgehead atoms. The van der Waals surface area contributed by atoms with Crippen molar-refractivity contribution in [2.24, 2.45) is 0 Å². The molecule has 94 valence electrons. The van der Waals surface area contributed by atoms with Gasteiger partial charge in [-0.25, -0.2) is 9.97 Å². The molecule has 1 aromatic rings. The smallest absolute Gasteiger partial charge is 0.131 e. The van der Waals surface area contributed by atoms with Gasteiger partial charge in [0.15, 0.2) is 0 Å². The zero-order chi connectivity index (χ0) is 13.1. The Kier molecular flexibility index (Phi) is 11.6. The fourth-order valence-electron chi connectivity index (χ4n) is 0.988. The van der Waals surface area contributed by atoms with Crippen LogP contribution in [0.15, 0.2) is 12.3 Å². The van der Waals surface area contributed by atoms with Crippen molar-refractivity contribution in [3.8, 4) is 0 Å². The van der Waals surface area contributed by atoms with Gasteiger partial charge in [0.1, 0.15) is 5.82 Å². The molecule has 1 aromatic heterocycles. The Labute approximate surface area is 102 Å². The number of rotatable bonds is 2. The van der Waals surface area contributed by atoms with Crippen molar-refractivity contribution >= 4 is 0 Å². The average molecular weight is 224 g/mol. The highest BCUT2D eigenvalue weighted by Crippen LogP contribution is 2.13. The van der Waals surface area contributed by atoms with Gasteiger partial charge in [-0.2, -0.15) is 0 Å². The highest BCUT2D eigenvalue weighted by atomic mass is 14.9. The molecule has 1 heterocycles. The van der Waals surface area contributed by atoms with Crippen LogP contribution in [0.4, 0.5) is 0 Å². The summed E-state index contributed by atoms with van der Waals surface area (Å²) in [6.07, 6.45) is 1.84. The van der Waals surface area contributed by atoms with E-state index >= 15 is 0 Å². The standard InChI is InChI=1S/C10H16N2.2C2H6/c1-7(2)9-5-6-11-10(12-9)8(3)4;2*1-2/h5-8H,1-4H3;2*1-2H3. The first-order valence-corrected chi connectivity index (χ1v) is 6.44. The Bertz CT molecular complexity index is 231. The molecule has 0 unspecified atom stereocenters. The Hall–Kier alpha value is -0.920. The number of hydrogen-bond donors (Lipinski definition) is 0. The first kappa shape index (κ1) is 17.5. The summed E-state index contributed by atoms with van der Waals surface area (Å²) in [6, 6.07) is 1.98. The second kappa shape index (κ2) is 10.6. The Morgan fingerprint density at radius 2 is 1.38 bits per heavy atom. The normalized spacial score (nSPS) is 9.12. The van der Waals surface area contributed by atoms with E-state index in [-0.39, 0.29) is 0 Å². The number of hydrogen-bond acceptors (Lipinski definition) is 2. The van der Waals surface area contributed by atoms with Crippen molar-refractivity contribution in [1.82, 2.24) is 9.97 Å². The van der Waals surface area contributed by atoms with E-state index in [4.69, 9.17) is 0 Å². The molecule has 0 fully saturated rings. The van der Waals surface area contributed by atoms with Crippen molar-refractivity contribution in [3.05, 3.63) is 23.8 Å². The quantitative estimate of drug-likeness (QED) is 0.722. The van der Waals surface area contributed by atoms with E-state index in [0.717, 1.165) is 11.5 Å². The third-order valence-corrected chi connectivity index (χ3v) is 1.80. The maximum Gasteiger partial charge on any atom is 0.131 e. The van der Waals surface area contributed by atoms with E-state index in [1.807, 2.05) is 40.0 Å². The highest BCUT2D eigenvalue weighted by Gasteiger charge is 2.05. The summed E-state index contributed by atoms with van der Waals surface area (Å²) < 4.78 is 0.